The van der Waals surface area contributed by atoms with Crippen molar-refractivity contribution in [1.82, 2.24) is 4.90 Å². The number of halogens is 1. The Balaban J connectivity index is 1.51. The van der Waals surface area contributed by atoms with Gasteiger partial charge in [-0.1, -0.05) is 18.2 Å². The van der Waals surface area contributed by atoms with Crippen molar-refractivity contribution < 1.29 is 18.7 Å². The van der Waals surface area contributed by atoms with Crippen molar-refractivity contribution in [3.05, 3.63) is 65.5 Å². The summed E-state index contributed by atoms with van der Waals surface area (Å²) in [6.45, 7) is 2.72. The molecule has 0 bridgehead atoms. The van der Waals surface area contributed by atoms with Crippen molar-refractivity contribution in [3.8, 4) is 5.75 Å². The number of piperidine rings is 1. The average molecular weight is 355 g/mol. The van der Waals surface area contributed by atoms with Gasteiger partial charge in [-0.05, 0) is 55.7 Å². The van der Waals surface area contributed by atoms with Gasteiger partial charge >= 0.3 is 0 Å². The van der Waals surface area contributed by atoms with Crippen molar-refractivity contribution in [2.24, 2.45) is 5.92 Å². The molecule has 0 unspecified atom stereocenters. The maximum Gasteiger partial charge on any atom is 0.260 e. The number of rotatable bonds is 5. The van der Waals surface area contributed by atoms with E-state index in [1.54, 1.807) is 17.9 Å². The van der Waals surface area contributed by atoms with E-state index in [-0.39, 0.29) is 30.0 Å². The standard InChI is InChI=1S/C21H22FNO3/c1-15-13-17(7-8-19(15)22)21(25)16-9-11-23(12-10-16)20(24)14-26-18-5-3-2-4-6-18/h2-8,13,16H,9-12,14H2,1H3. The number of Topliss-reactive ketones (excluding diaryl/α,β-unsaturated/α-hetero) is 1. The number of nitrogens with zero attached hydrogens (tertiary/aromatic N) is 1. The van der Waals surface area contributed by atoms with Crippen LogP contribution in [0.2, 0.25) is 0 Å². The van der Waals surface area contributed by atoms with Gasteiger partial charge in [-0.2, -0.15) is 0 Å². The molecule has 136 valence electrons. The van der Waals surface area contributed by atoms with Gasteiger partial charge in [0.2, 0.25) is 0 Å². The Labute approximate surface area is 152 Å². The molecule has 0 radical (unpaired) electrons. The molecule has 1 aliphatic heterocycles. The molecule has 0 atom stereocenters. The number of hydrogen-bond donors (Lipinski definition) is 0. The highest BCUT2D eigenvalue weighted by Gasteiger charge is 2.28. The molecule has 5 heteroatoms. The summed E-state index contributed by atoms with van der Waals surface area (Å²) < 4.78 is 18.9. The molecule has 0 aromatic heterocycles. The summed E-state index contributed by atoms with van der Waals surface area (Å²) in [5, 5.41) is 0. The first-order chi connectivity index (χ1) is 12.5. The number of ether oxygens (including phenoxy) is 1. The number of aryl methyl sites for hydroxylation is 1. The molecule has 1 aliphatic rings. The lowest BCUT2D eigenvalue weighted by atomic mass is 9.88. The molecular formula is C21H22FNO3. The monoisotopic (exact) mass is 355 g/mol. The molecule has 1 saturated heterocycles. The minimum atomic E-state index is -0.305. The van der Waals surface area contributed by atoms with E-state index in [4.69, 9.17) is 4.74 Å². The molecule has 4 nitrogen and oxygen atoms in total. The fourth-order valence-corrected chi connectivity index (χ4v) is 3.18. The highest BCUT2D eigenvalue weighted by molar-refractivity contribution is 5.98. The summed E-state index contributed by atoms with van der Waals surface area (Å²) in [5.74, 6) is 0.190. The van der Waals surface area contributed by atoms with Gasteiger partial charge in [0, 0.05) is 24.6 Å². The van der Waals surface area contributed by atoms with Gasteiger partial charge in [-0.25, -0.2) is 4.39 Å². The van der Waals surface area contributed by atoms with Crippen LogP contribution in [0.3, 0.4) is 0 Å². The maximum absolute atomic E-state index is 13.4. The Morgan fingerprint density at radius 2 is 1.81 bits per heavy atom. The summed E-state index contributed by atoms with van der Waals surface area (Å²) in [6, 6.07) is 13.7. The van der Waals surface area contributed by atoms with Crippen molar-refractivity contribution >= 4 is 11.7 Å². The van der Waals surface area contributed by atoms with Crippen LogP contribution >= 0.6 is 0 Å². The number of benzene rings is 2. The molecule has 0 aliphatic carbocycles. The third-order valence-corrected chi connectivity index (χ3v) is 4.77. The maximum atomic E-state index is 13.4. The van der Waals surface area contributed by atoms with E-state index in [1.165, 1.54) is 12.1 Å². The Morgan fingerprint density at radius 1 is 1.12 bits per heavy atom. The van der Waals surface area contributed by atoms with E-state index in [1.807, 2.05) is 30.3 Å². The van der Waals surface area contributed by atoms with Gasteiger partial charge in [0.25, 0.3) is 5.91 Å². The largest absolute Gasteiger partial charge is 0.484 e. The fourth-order valence-electron chi connectivity index (χ4n) is 3.18. The molecule has 2 aromatic carbocycles. The van der Waals surface area contributed by atoms with Crippen molar-refractivity contribution in [1.29, 1.82) is 0 Å². The molecule has 2 aromatic rings. The molecular weight excluding hydrogens is 333 g/mol. The van der Waals surface area contributed by atoms with E-state index < -0.39 is 0 Å². The molecule has 26 heavy (non-hydrogen) atoms. The van der Waals surface area contributed by atoms with Crippen LogP contribution in [0.4, 0.5) is 4.39 Å². The lowest BCUT2D eigenvalue weighted by Crippen LogP contribution is -2.42. The predicted octanol–water partition coefficient (Wildman–Crippen LogP) is 3.63. The lowest BCUT2D eigenvalue weighted by Gasteiger charge is -2.31. The molecule has 0 spiro atoms. The fraction of sp³-hybridized carbons (Fsp3) is 0.333. The van der Waals surface area contributed by atoms with Gasteiger partial charge in [0.15, 0.2) is 12.4 Å². The summed E-state index contributed by atoms with van der Waals surface area (Å²) in [4.78, 5) is 26.6. The smallest absolute Gasteiger partial charge is 0.260 e. The zero-order valence-corrected chi connectivity index (χ0v) is 14.8. The second-order valence-corrected chi connectivity index (χ2v) is 6.59. The van der Waals surface area contributed by atoms with Crippen LogP contribution in [0, 0.1) is 18.7 Å². The van der Waals surface area contributed by atoms with Crippen molar-refractivity contribution in [2.45, 2.75) is 19.8 Å². The van der Waals surface area contributed by atoms with Crippen molar-refractivity contribution in [2.75, 3.05) is 19.7 Å². The highest BCUT2D eigenvalue weighted by Crippen LogP contribution is 2.23. The van der Waals surface area contributed by atoms with Gasteiger partial charge in [-0.3, -0.25) is 9.59 Å². The quantitative estimate of drug-likeness (QED) is 0.770. The molecule has 0 saturated carbocycles. The molecule has 3 rings (SSSR count). The first-order valence-corrected chi connectivity index (χ1v) is 8.80. The number of amides is 1. The third kappa shape index (κ3) is 4.28. The number of ketones is 1. The number of carbonyl (C=O) groups is 2. The van der Waals surface area contributed by atoms with Gasteiger partial charge in [0.05, 0.1) is 0 Å². The zero-order valence-electron chi connectivity index (χ0n) is 14.8. The third-order valence-electron chi connectivity index (χ3n) is 4.77. The van der Waals surface area contributed by atoms with Gasteiger partial charge in [0.1, 0.15) is 11.6 Å². The van der Waals surface area contributed by atoms with Crippen LogP contribution in [0.25, 0.3) is 0 Å². The van der Waals surface area contributed by atoms with Crippen LogP contribution in [-0.4, -0.2) is 36.3 Å². The highest BCUT2D eigenvalue weighted by atomic mass is 19.1. The normalized spacial score (nSPS) is 14.9. The molecule has 1 fully saturated rings. The minimum Gasteiger partial charge on any atom is -0.484 e. The van der Waals surface area contributed by atoms with Crippen LogP contribution in [-0.2, 0) is 4.79 Å². The minimum absolute atomic E-state index is 0.000215. The Bertz CT molecular complexity index is 783. The van der Waals surface area contributed by atoms with Gasteiger partial charge in [-0.15, -0.1) is 0 Å². The molecule has 0 N–H and O–H groups in total. The van der Waals surface area contributed by atoms with Crippen LogP contribution in [0.1, 0.15) is 28.8 Å². The first kappa shape index (κ1) is 18.1. The average Bonchev–Trinajstić information content (AvgIpc) is 2.68. The van der Waals surface area contributed by atoms with Gasteiger partial charge < -0.3 is 9.64 Å². The van der Waals surface area contributed by atoms with Crippen LogP contribution in [0.5, 0.6) is 5.75 Å². The van der Waals surface area contributed by atoms with Crippen LogP contribution < -0.4 is 4.74 Å². The van der Waals surface area contributed by atoms with E-state index >= 15 is 0 Å². The summed E-state index contributed by atoms with van der Waals surface area (Å²) in [6.07, 6.45) is 1.23. The lowest BCUT2D eigenvalue weighted by molar-refractivity contribution is -0.134. The van der Waals surface area contributed by atoms with E-state index in [0.29, 0.717) is 42.8 Å². The SMILES string of the molecule is Cc1cc(C(=O)C2CCN(C(=O)COc3ccccc3)CC2)ccc1F. The number of hydrogen-bond acceptors (Lipinski definition) is 3. The van der Waals surface area contributed by atoms with Crippen molar-refractivity contribution in [3.63, 3.8) is 0 Å². The molecule has 1 heterocycles. The topological polar surface area (TPSA) is 46.6 Å². The number of carbonyl (C=O) groups excluding carboxylic acids is 2. The second-order valence-electron chi connectivity index (χ2n) is 6.59. The molecule has 1 amide bonds. The number of para-hydroxylation sites is 1. The zero-order chi connectivity index (χ0) is 18.5. The summed E-state index contributed by atoms with van der Waals surface area (Å²) in [5.41, 5.74) is 1.02. The second kappa shape index (κ2) is 8.13. The van der Waals surface area contributed by atoms with E-state index in [9.17, 15) is 14.0 Å². The Kier molecular flexibility index (Phi) is 5.66. The first-order valence-electron chi connectivity index (χ1n) is 8.80. The summed E-state index contributed by atoms with van der Waals surface area (Å²) >= 11 is 0. The summed E-state index contributed by atoms with van der Waals surface area (Å²) in [7, 11) is 0. The Hall–Kier alpha value is -2.69. The predicted molar refractivity (Wildman–Crippen MR) is 96.7 cm³/mol. The Morgan fingerprint density at radius 3 is 2.46 bits per heavy atom. The van der Waals surface area contributed by atoms with E-state index in [0.717, 1.165) is 0 Å². The van der Waals surface area contributed by atoms with E-state index in [2.05, 4.69) is 0 Å². The number of likely N-dealkylation sites (tertiary alicyclic amines) is 1. The van der Waals surface area contributed by atoms with Crippen LogP contribution in [0.15, 0.2) is 48.5 Å².